The van der Waals surface area contributed by atoms with Gasteiger partial charge in [0.05, 0.1) is 30.5 Å². The fraction of sp³-hybridized carbons (Fsp3) is 0.353. The van der Waals surface area contributed by atoms with Gasteiger partial charge in [-0.15, -0.1) is 0 Å². The van der Waals surface area contributed by atoms with Crippen molar-refractivity contribution in [2.45, 2.75) is 24.5 Å². The van der Waals surface area contributed by atoms with Gasteiger partial charge in [-0.25, -0.2) is 36.3 Å². The van der Waals surface area contributed by atoms with Crippen LogP contribution in [0, 0.1) is 0 Å². The molecule has 0 N–H and O–H groups in total. The highest BCUT2D eigenvalue weighted by atomic mass is 32.2. The van der Waals surface area contributed by atoms with E-state index in [-0.39, 0.29) is 22.5 Å². The summed E-state index contributed by atoms with van der Waals surface area (Å²) in [5.74, 6) is -4.07. The lowest BCUT2D eigenvalue weighted by Crippen LogP contribution is -2.38. The number of ether oxygens (including phenoxy) is 1. The summed E-state index contributed by atoms with van der Waals surface area (Å²) in [7, 11) is -4.40. The van der Waals surface area contributed by atoms with Crippen molar-refractivity contribution in [3.63, 3.8) is 0 Å². The van der Waals surface area contributed by atoms with Gasteiger partial charge in [0, 0.05) is 12.4 Å². The highest BCUT2D eigenvalue weighted by Gasteiger charge is 2.39. The van der Waals surface area contributed by atoms with Crippen LogP contribution in [0.4, 0.5) is 40.9 Å². The molecule has 0 saturated carbocycles. The van der Waals surface area contributed by atoms with E-state index in [4.69, 9.17) is 0 Å². The minimum absolute atomic E-state index is 0.0350. The number of rotatable bonds is 7. The van der Waals surface area contributed by atoms with Crippen LogP contribution in [0.5, 0.6) is 0 Å². The Kier molecular flexibility index (Phi) is 7.50. The molecule has 0 bridgehead atoms. The van der Waals surface area contributed by atoms with E-state index in [1.54, 1.807) is 0 Å². The van der Waals surface area contributed by atoms with Gasteiger partial charge in [0.25, 0.3) is 6.43 Å². The highest BCUT2D eigenvalue weighted by molar-refractivity contribution is 7.92. The van der Waals surface area contributed by atoms with Gasteiger partial charge < -0.3 is 4.74 Å². The second-order valence-electron chi connectivity index (χ2n) is 6.27. The van der Waals surface area contributed by atoms with Crippen LogP contribution >= 0.6 is 0 Å². The second-order valence-corrected chi connectivity index (χ2v) is 8.16. The minimum atomic E-state index is -5.26. The number of sulfonamides is 1. The summed E-state index contributed by atoms with van der Waals surface area (Å²) in [6.45, 7) is -1.68. The van der Waals surface area contributed by atoms with Crippen molar-refractivity contribution in [3.8, 4) is 0 Å². The van der Waals surface area contributed by atoms with E-state index in [0.717, 1.165) is 19.5 Å². The number of aromatic nitrogens is 2. The minimum Gasteiger partial charge on any atom is -0.464 e. The Hall–Kier alpha value is -3.04. The van der Waals surface area contributed by atoms with Crippen LogP contribution in [0.25, 0.3) is 0 Å². The molecule has 0 aliphatic carbocycles. The van der Waals surface area contributed by atoms with Gasteiger partial charge in [0.1, 0.15) is 0 Å². The zero-order chi connectivity index (χ0) is 25.2. The Morgan fingerprint density at radius 3 is 2.18 bits per heavy atom. The van der Waals surface area contributed by atoms with E-state index in [1.807, 2.05) is 0 Å². The van der Waals surface area contributed by atoms with Crippen molar-refractivity contribution < 1.29 is 53.1 Å². The number of alkyl halides is 8. The molecule has 1 heterocycles. The normalized spacial score (nSPS) is 12.7. The number of esters is 1. The number of nitrogens with zero attached hydrogens (tertiary/aromatic N) is 3. The number of carbonyl (C=O) groups is 1. The first-order valence-electron chi connectivity index (χ1n) is 8.53. The summed E-state index contributed by atoms with van der Waals surface area (Å²) in [6.07, 6.45) is -12.1. The molecule has 2 rings (SSSR count). The van der Waals surface area contributed by atoms with Crippen LogP contribution in [-0.4, -0.2) is 44.4 Å². The quantitative estimate of drug-likeness (QED) is 0.417. The standard InChI is InChI=1S/C17H13F8N3O4S/c1-32-15(29)13-14(27-5-4-26-13)28(7-12(18)19)33(30,31)8-9-6-10(16(20,21)22)2-3-11(9)17(23,24)25/h2-6,12H,7-8H2,1H3. The van der Waals surface area contributed by atoms with Gasteiger partial charge >= 0.3 is 18.3 Å². The molecule has 0 aliphatic heterocycles. The first kappa shape index (κ1) is 26.2. The molecule has 0 spiro atoms. The van der Waals surface area contributed by atoms with Crippen LogP contribution in [0.3, 0.4) is 0 Å². The van der Waals surface area contributed by atoms with Gasteiger partial charge in [-0.3, -0.25) is 0 Å². The first-order valence-corrected chi connectivity index (χ1v) is 10.1. The lowest BCUT2D eigenvalue weighted by atomic mass is 10.0. The van der Waals surface area contributed by atoms with Gasteiger partial charge in [-0.1, -0.05) is 0 Å². The van der Waals surface area contributed by atoms with Gasteiger partial charge in [-0.05, 0) is 23.8 Å². The van der Waals surface area contributed by atoms with E-state index >= 15 is 0 Å². The molecule has 0 saturated heterocycles. The number of hydrogen-bond donors (Lipinski definition) is 0. The Labute approximate surface area is 181 Å². The average Bonchev–Trinajstić information content (AvgIpc) is 2.69. The molecule has 7 nitrogen and oxygen atoms in total. The smallest absolute Gasteiger partial charge is 0.416 e. The SMILES string of the molecule is COC(=O)c1nccnc1N(CC(F)F)S(=O)(=O)Cc1cc(C(F)(F)F)ccc1C(F)(F)F. The molecule has 0 unspecified atom stereocenters. The van der Waals surface area contributed by atoms with Crippen molar-refractivity contribution in [2.24, 2.45) is 0 Å². The second kappa shape index (κ2) is 9.44. The zero-order valence-corrected chi connectivity index (χ0v) is 17.1. The maximum atomic E-state index is 13.3. The summed E-state index contributed by atoms with van der Waals surface area (Å²) < 4.78 is 135. The average molecular weight is 507 g/mol. The predicted octanol–water partition coefficient (Wildman–Crippen LogP) is 3.90. The number of halogens is 8. The summed E-state index contributed by atoms with van der Waals surface area (Å²) >= 11 is 0. The highest BCUT2D eigenvalue weighted by Crippen LogP contribution is 2.38. The number of benzene rings is 1. The maximum absolute atomic E-state index is 13.3. The molecule has 1 aromatic heterocycles. The molecule has 33 heavy (non-hydrogen) atoms. The summed E-state index contributed by atoms with van der Waals surface area (Å²) in [4.78, 5) is 18.8. The van der Waals surface area contributed by atoms with E-state index < -0.39 is 75.3 Å². The Morgan fingerprint density at radius 2 is 1.67 bits per heavy atom. The molecular weight excluding hydrogens is 494 g/mol. The largest absolute Gasteiger partial charge is 0.464 e. The van der Waals surface area contributed by atoms with E-state index in [9.17, 15) is 48.3 Å². The van der Waals surface area contributed by atoms with E-state index in [0.29, 0.717) is 0 Å². The van der Waals surface area contributed by atoms with Crippen molar-refractivity contribution in [3.05, 3.63) is 53.0 Å². The molecule has 182 valence electrons. The lowest BCUT2D eigenvalue weighted by Gasteiger charge is -2.25. The molecule has 2 aromatic rings. The third kappa shape index (κ3) is 6.27. The molecule has 0 amide bonds. The molecule has 0 fully saturated rings. The molecule has 0 atom stereocenters. The fourth-order valence-electron chi connectivity index (χ4n) is 2.65. The van der Waals surface area contributed by atoms with Crippen LogP contribution in [0.15, 0.2) is 30.6 Å². The molecule has 1 aromatic carbocycles. The number of anilines is 1. The predicted molar refractivity (Wildman–Crippen MR) is 95.8 cm³/mol. The van der Waals surface area contributed by atoms with Crippen molar-refractivity contribution >= 4 is 21.8 Å². The van der Waals surface area contributed by atoms with E-state index in [1.165, 1.54) is 0 Å². The molecular formula is C17H13F8N3O4S. The molecule has 16 heteroatoms. The topological polar surface area (TPSA) is 89.5 Å². The summed E-state index contributed by atoms with van der Waals surface area (Å²) in [5.41, 5.74) is -5.51. The fourth-order valence-corrected chi connectivity index (χ4v) is 4.18. The zero-order valence-electron chi connectivity index (χ0n) is 16.3. The lowest BCUT2D eigenvalue weighted by molar-refractivity contribution is -0.141. The number of hydrogen-bond acceptors (Lipinski definition) is 6. The Balaban J connectivity index is 2.67. The molecule has 0 aliphatic rings. The monoisotopic (exact) mass is 507 g/mol. The third-order valence-corrected chi connectivity index (χ3v) is 5.68. The van der Waals surface area contributed by atoms with Gasteiger partial charge in [-0.2, -0.15) is 26.3 Å². The Bertz CT molecular complexity index is 1120. The summed E-state index contributed by atoms with van der Waals surface area (Å²) in [6, 6.07) is 0.0973. The van der Waals surface area contributed by atoms with Crippen LogP contribution in [0.2, 0.25) is 0 Å². The molecule has 0 radical (unpaired) electrons. The third-order valence-electron chi connectivity index (χ3n) is 4.01. The summed E-state index contributed by atoms with van der Waals surface area (Å²) in [5, 5.41) is 0. The maximum Gasteiger partial charge on any atom is 0.416 e. The van der Waals surface area contributed by atoms with Crippen molar-refractivity contribution in [1.29, 1.82) is 0 Å². The van der Waals surface area contributed by atoms with Crippen LogP contribution in [-0.2, 0) is 32.9 Å². The van der Waals surface area contributed by atoms with Crippen LogP contribution in [0.1, 0.15) is 27.2 Å². The number of carbonyl (C=O) groups excluding carboxylic acids is 1. The Morgan fingerprint density at radius 1 is 1.06 bits per heavy atom. The van der Waals surface area contributed by atoms with Crippen molar-refractivity contribution in [1.82, 2.24) is 9.97 Å². The van der Waals surface area contributed by atoms with Crippen molar-refractivity contribution in [2.75, 3.05) is 18.0 Å². The number of methoxy groups -OCH3 is 1. The van der Waals surface area contributed by atoms with Gasteiger partial charge in [0.2, 0.25) is 10.0 Å². The first-order chi connectivity index (χ1) is 15.1. The van der Waals surface area contributed by atoms with Gasteiger partial charge in [0.15, 0.2) is 11.5 Å². The van der Waals surface area contributed by atoms with Crippen LogP contribution < -0.4 is 4.31 Å². The van der Waals surface area contributed by atoms with E-state index in [2.05, 4.69) is 14.7 Å².